The van der Waals surface area contributed by atoms with E-state index in [1.54, 1.807) is 6.07 Å². The Bertz CT molecular complexity index is 924. The Balaban J connectivity index is 2.06. The molecule has 0 unspecified atom stereocenters. The highest BCUT2D eigenvalue weighted by Gasteiger charge is 2.37. The van der Waals surface area contributed by atoms with Crippen LogP contribution < -0.4 is 5.56 Å². The summed E-state index contributed by atoms with van der Waals surface area (Å²) in [6, 6.07) is 1.76. The number of aryl methyl sites for hydroxylation is 2. The maximum atomic E-state index is 13.0. The van der Waals surface area contributed by atoms with Crippen LogP contribution in [0, 0.1) is 6.92 Å². The molecule has 0 amide bonds. The third kappa shape index (κ3) is 3.02. The summed E-state index contributed by atoms with van der Waals surface area (Å²) in [7, 11) is 0. The largest absolute Gasteiger partial charge is 0.434 e. The first-order chi connectivity index (χ1) is 10.8. The predicted octanol–water partition coefficient (Wildman–Crippen LogP) is 3.85. The number of thiophene rings is 1. The number of hydrogen-bond donors (Lipinski definition) is 0. The summed E-state index contributed by atoms with van der Waals surface area (Å²) in [5, 5.41) is 0.766. The lowest BCUT2D eigenvalue weighted by atomic mass is 10.3. The van der Waals surface area contributed by atoms with Crippen LogP contribution in [0.25, 0.3) is 10.2 Å². The molecule has 0 N–H and O–H groups in total. The molecule has 23 heavy (non-hydrogen) atoms. The summed E-state index contributed by atoms with van der Waals surface area (Å²) in [6.07, 6.45) is -2.44. The highest BCUT2D eigenvalue weighted by atomic mass is 32.1. The Kier molecular flexibility index (Phi) is 4.01. The maximum absolute atomic E-state index is 13.0. The third-order valence-corrected chi connectivity index (χ3v) is 5.45. The zero-order chi connectivity index (χ0) is 16.8. The smallest absolute Gasteiger partial charge is 0.293 e. The van der Waals surface area contributed by atoms with E-state index in [2.05, 4.69) is 9.97 Å². The summed E-state index contributed by atoms with van der Waals surface area (Å²) >= 11 is 2.37. The van der Waals surface area contributed by atoms with Crippen molar-refractivity contribution in [2.24, 2.45) is 0 Å². The average Bonchev–Trinajstić information content (AvgIpc) is 3.05. The van der Waals surface area contributed by atoms with Gasteiger partial charge < -0.3 is 0 Å². The average molecular weight is 359 g/mol. The van der Waals surface area contributed by atoms with Gasteiger partial charge in [-0.25, -0.2) is 9.97 Å². The molecule has 0 atom stereocenters. The minimum absolute atomic E-state index is 0.0178. The van der Waals surface area contributed by atoms with Crippen molar-refractivity contribution in [3.05, 3.63) is 43.2 Å². The summed E-state index contributed by atoms with van der Waals surface area (Å²) < 4.78 is 40.2. The van der Waals surface area contributed by atoms with Crippen LogP contribution in [0.5, 0.6) is 0 Å². The quantitative estimate of drug-likeness (QED) is 0.714. The Hall–Kier alpha value is -1.74. The van der Waals surface area contributed by atoms with Gasteiger partial charge in [0.15, 0.2) is 5.69 Å². The number of fused-ring (bicyclic) bond motifs is 1. The second-order valence-corrected chi connectivity index (χ2v) is 7.37. The minimum atomic E-state index is -4.53. The van der Waals surface area contributed by atoms with Gasteiger partial charge in [0.2, 0.25) is 0 Å². The second kappa shape index (κ2) is 5.72. The van der Waals surface area contributed by atoms with Crippen LogP contribution >= 0.6 is 22.7 Å². The Morgan fingerprint density at radius 1 is 1.30 bits per heavy atom. The summed E-state index contributed by atoms with van der Waals surface area (Å²) in [4.78, 5) is 21.8. The van der Waals surface area contributed by atoms with Gasteiger partial charge in [0, 0.05) is 4.88 Å². The third-order valence-electron chi connectivity index (χ3n) is 3.30. The van der Waals surface area contributed by atoms with Crippen LogP contribution in [0.3, 0.4) is 0 Å². The van der Waals surface area contributed by atoms with Crippen molar-refractivity contribution in [3.63, 3.8) is 0 Å². The maximum Gasteiger partial charge on any atom is 0.434 e. The van der Waals surface area contributed by atoms with Crippen molar-refractivity contribution < 1.29 is 13.2 Å². The van der Waals surface area contributed by atoms with Gasteiger partial charge in [-0.3, -0.25) is 9.36 Å². The number of halogens is 3. The molecular formula is C14H12F3N3OS2. The van der Waals surface area contributed by atoms with E-state index in [1.165, 1.54) is 29.2 Å². The van der Waals surface area contributed by atoms with Crippen LogP contribution in [0.2, 0.25) is 0 Å². The normalized spacial score (nSPS) is 12.2. The number of rotatable bonds is 3. The number of thiazole rings is 1. The van der Waals surface area contributed by atoms with E-state index in [0.717, 1.165) is 22.6 Å². The fourth-order valence-electron chi connectivity index (χ4n) is 2.25. The molecule has 0 aliphatic carbocycles. The zero-order valence-electron chi connectivity index (χ0n) is 12.3. The monoisotopic (exact) mass is 359 g/mol. The van der Waals surface area contributed by atoms with Crippen molar-refractivity contribution in [1.82, 2.24) is 14.5 Å². The topological polar surface area (TPSA) is 47.8 Å². The van der Waals surface area contributed by atoms with Gasteiger partial charge in [-0.1, -0.05) is 6.92 Å². The van der Waals surface area contributed by atoms with Crippen molar-refractivity contribution in [2.75, 3.05) is 0 Å². The fourth-order valence-corrected chi connectivity index (χ4v) is 4.13. The molecule has 0 fully saturated rings. The molecule has 3 aromatic rings. The minimum Gasteiger partial charge on any atom is -0.293 e. The molecule has 4 nitrogen and oxygen atoms in total. The number of aromatic nitrogens is 3. The summed E-state index contributed by atoms with van der Waals surface area (Å²) in [5.41, 5.74) is -1.25. The first-order valence-electron chi connectivity index (χ1n) is 6.81. The number of hydrogen-bond acceptors (Lipinski definition) is 5. The van der Waals surface area contributed by atoms with E-state index in [4.69, 9.17) is 0 Å². The first-order valence-corrected chi connectivity index (χ1v) is 8.44. The van der Waals surface area contributed by atoms with Gasteiger partial charge in [0.1, 0.15) is 4.83 Å². The lowest BCUT2D eigenvalue weighted by molar-refractivity contribution is -0.141. The van der Waals surface area contributed by atoms with Crippen molar-refractivity contribution in [2.45, 2.75) is 33.0 Å². The van der Waals surface area contributed by atoms with E-state index >= 15 is 0 Å². The predicted molar refractivity (Wildman–Crippen MR) is 84.2 cm³/mol. The number of nitrogens with zero attached hydrogens (tertiary/aromatic N) is 3. The van der Waals surface area contributed by atoms with Crippen LogP contribution in [0.15, 0.2) is 17.2 Å². The first kappa shape index (κ1) is 16.1. The molecule has 0 aliphatic rings. The van der Waals surface area contributed by atoms with Gasteiger partial charge in [0.05, 0.1) is 28.1 Å². The van der Waals surface area contributed by atoms with E-state index in [1.807, 2.05) is 6.92 Å². The van der Waals surface area contributed by atoms with Gasteiger partial charge >= 0.3 is 6.18 Å². The van der Waals surface area contributed by atoms with Crippen LogP contribution in [0.1, 0.15) is 27.4 Å². The molecule has 0 bridgehead atoms. The molecular weight excluding hydrogens is 347 g/mol. The molecule has 3 aromatic heterocycles. The van der Waals surface area contributed by atoms with Crippen LogP contribution in [-0.2, 0) is 19.1 Å². The Morgan fingerprint density at radius 2 is 2.04 bits per heavy atom. The molecule has 0 spiro atoms. The summed E-state index contributed by atoms with van der Waals surface area (Å²) in [6.45, 7) is 3.30. The van der Waals surface area contributed by atoms with E-state index in [0.29, 0.717) is 15.2 Å². The number of alkyl halides is 3. The Labute approximate surface area is 137 Å². The lowest BCUT2D eigenvalue weighted by Crippen LogP contribution is -2.21. The molecule has 3 rings (SSSR count). The van der Waals surface area contributed by atoms with E-state index in [9.17, 15) is 18.0 Å². The van der Waals surface area contributed by atoms with E-state index < -0.39 is 11.9 Å². The highest BCUT2D eigenvalue weighted by Crippen LogP contribution is 2.34. The molecule has 0 radical (unpaired) electrons. The van der Waals surface area contributed by atoms with Crippen molar-refractivity contribution >= 4 is 32.9 Å². The van der Waals surface area contributed by atoms with Crippen molar-refractivity contribution in [1.29, 1.82) is 0 Å². The molecule has 0 aliphatic heterocycles. The standard InChI is InChI=1S/C14H12F3N3OS2/c1-3-8-4-9-12(23-8)18-6-20(13(9)21)5-10-11(14(15,16)17)19-7(2)22-10/h4,6H,3,5H2,1-2H3. The lowest BCUT2D eigenvalue weighted by Gasteiger charge is -2.07. The van der Waals surface area contributed by atoms with Gasteiger partial charge in [0.25, 0.3) is 5.56 Å². The molecule has 122 valence electrons. The second-order valence-electron chi connectivity index (χ2n) is 4.97. The molecule has 3 heterocycles. The SMILES string of the molecule is CCc1cc2c(=O)n(Cc3sc(C)nc3C(F)(F)F)cnc2s1. The van der Waals surface area contributed by atoms with Crippen LogP contribution in [-0.4, -0.2) is 14.5 Å². The molecule has 0 saturated heterocycles. The van der Waals surface area contributed by atoms with E-state index in [-0.39, 0.29) is 17.0 Å². The highest BCUT2D eigenvalue weighted by molar-refractivity contribution is 7.18. The zero-order valence-corrected chi connectivity index (χ0v) is 13.9. The van der Waals surface area contributed by atoms with Gasteiger partial charge in [-0.05, 0) is 19.4 Å². The van der Waals surface area contributed by atoms with Gasteiger partial charge in [-0.2, -0.15) is 13.2 Å². The summed E-state index contributed by atoms with van der Waals surface area (Å²) in [5.74, 6) is 0. The molecule has 9 heteroatoms. The fraction of sp³-hybridized carbons (Fsp3) is 0.357. The van der Waals surface area contributed by atoms with Gasteiger partial charge in [-0.15, -0.1) is 22.7 Å². The van der Waals surface area contributed by atoms with Crippen LogP contribution in [0.4, 0.5) is 13.2 Å². The van der Waals surface area contributed by atoms with Crippen molar-refractivity contribution in [3.8, 4) is 0 Å². The molecule has 0 aromatic carbocycles. The molecule has 0 saturated carbocycles. The Morgan fingerprint density at radius 3 is 2.70 bits per heavy atom.